The number of nitrogens with zero attached hydrogens (tertiary/aromatic N) is 2. The molecule has 1 aromatic rings. The zero-order valence-electron chi connectivity index (χ0n) is 12.4. The normalized spacial score (nSPS) is 21.6. The molecule has 0 spiro atoms. The van der Waals surface area contributed by atoms with Gasteiger partial charge in [0.25, 0.3) is 0 Å². The van der Waals surface area contributed by atoms with Crippen molar-refractivity contribution in [3.8, 4) is 0 Å². The number of nitrogens with one attached hydrogen (secondary N) is 1. The van der Waals surface area contributed by atoms with Crippen molar-refractivity contribution in [2.75, 3.05) is 26.3 Å². The standard InChI is InChI=1S/C15H25N3OS/c1-12-14(10-16-13-4-2-3-5-13)20-15(17-12)11-18-6-8-19-9-7-18/h13,16H,2-11H2,1H3. The molecule has 1 saturated carbocycles. The molecule has 2 aliphatic rings. The van der Waals surface area contributed by atoms with Crippen LogP contribution in [0, 0.1) is 6.92 Å². The van der Waals surface area contributed by atoms with Gasteiger partial charge in [-0.25, -0.2) is 4.98 Å². The van der Waals surface area contributed by atoms with Gasteiger partial charge in [-0.1, -0.05) is 12.8 Å². The number of aromatic nitrogens is 1. The van der Waals surface area contributed by atoms with E-state index >= 15 is 0 Å². The lowest BCUT2D eigenvalue weighted by Crippen LogP contribution is -2.35. The summed E-state index contributed by atoms with van der Waals surface area (Å²) in [6.45, 7) is 7.92. The second-order valence-corrected chi connectivity index (χ2v) is 7.04. The topological polar surface area (TPSA) is 37.4 Å². The van der Waals surface area contributed by atoms with Crippen LogP contribution >= 0.6 is 11.3 Å². The van der Waals surface area contributed by atoms with Crippen molar-refractivity contribution in [1.82, 2.24) is 15.2 Å². The molecule has 1 aromatic heterocycles. The molecule has 1 N–H and O–H groups in total. The molecule has 4 nitrogen and oxygen atoms in total. The number of morpholine rings is 1. The van der Waals surface area contributed by atoms with Crippen molar-refractivity contribution in [2.24, 2.45) is 0 Å². The highest BCUT2D eigenvalue weighted by molar-refractivity contribution is 7.11. The first-order valence-electron chi connectivity index (χ1n) is 7.80. The molecule has 0 unspecified atom stereocenters. The lowest BCUT2D eigenvalue weighted by molar-refractivity contribution is 0.0341. The van der Waals surface area contributed by atoms with Crippen LogP contribution in [0.4, 0.5) is 0 Å². The third-order valence-corrected chi connectivity index (χ3v) is 5.45. The second-order valence-electron chi connectivity index (χ2n) is 5.87. The molecule has 0 amide bonds. The molecule has 0 radical (unpaired) electrons. The molecule has 0 bridgehead atoms. The van der Waals surface area contributed by atoms with Crippen LogP contribution in [0.15, 0.2) is 0 Å². The Morgan fingerprint density at radius 2 is 2.05 bits per heavy atom. The van der Waals surface area contributed by atoms with Crippen LogP contribution in [-0.2, 0) is 17.8 Å². The first-order chi connectivity index (χ1) is 9.81. The van der Waals surface area contributed by atoms with Crippen LogP contribution in [0.5, 0.6) is 0 Å². The van der Waals surface area contributed by atoms with Gasteiger partial charge in [0.2, 0.25) is 0 Å². The summed E-state index contributed by atoms with van der Waals surface area (Å²) in [6.07, 6.45) is 5.47. The Labute approximate surface area is 125 Å². The van der Waals surface area contributed by atoms with Crippen LogP contribution < -0.4 is 5.32 Å². The van der Waals surface area contributed by atoms with Gasteiger partial charge in [0.1, 0.15) is 5.01 Å². The first kappa shape index (κ1) is 14.4. The fraction of sp³-hybridized carbons (Fsp3) is 0.800. The van der Waals surface area contributed by atoms with E-state index in [-0.39, 0.29) is 0 Å². The molecule has 2 heterocycles. The van der Waals surface area contributed by atoms with Gasteiger partial charge in [-0.05, 0) is 19.8 Å². The van der Waals surface area contributed by atoms with Gasteiger partial charge < -0.3 is 10.1 Å². The Kier molecular flexibility index (Phi) is 5.04. The quantitative estimate of drug-likeness (QED) is 0.904. The maximum absolute atomic E-state index is 5.39. The number of ether oxygens (including phenoxy) is 1. The molecule has 5 heteroatoms. The molecule has 0 aromatic carbocycles. The van der Waals surface area contributed by atoms with Gasteiger partial charge in [-0.15, -0.1) is 11.3 Å². The number of hydrogen-bond donors (Lipinski definition) is 1. The molecule has 1 aliphatic heterocycles. The van der Waals surface area contributed by atoms with Gasteiger partial charge in [0.05, 0.1) is 25.5 Å². The predicted octanol–water partition coefficient (Wildman–Crippen LogP) is 2.32. The summed E-state index contributed by atoms with van der Waals surface area (Å²) in [6, 6.07) is 0.735. The molecule has 3 rings (SSSR count). The van der Waals surface area contributed by atoms with Crippen molar-refractivity contribution >= 4 is 11.3 Å². The summed E-state index contributed by atoms with van der Waals surface area (Å²) in [7, 11) is 0. The van der Waals surface area contributed by atoms with E-state index in [1.54, 1.807) is 0 Å². The Balaban J connectivity index is 1.52. The summed E-state index contributed by atoms with van der Waals surface area (Å²) < 4.78 is 5.39. The number of aryl methyl sites for hydroxylation is 1. The monoisotopic (exact) mass is 295 g/mol. The van der Waals surface area contributed by atoms with Crippen LogP contribution in [0.25, 0.3) is 0 Å². The van der Waals surface area contributed by atoms with Crippen LogP contribution in [0.1, 0.15) is 41.3 Å². The molecule has 1 saturated heterocycles. The van der Waals surface area contributed by atoms with Crippen molar-refractivity contribution in [2.45, 2.75) is 51.7 Å². The van der Waals surface area contributed by atoms with Gasteiger partial charge >= 0.3 is 0 Å². The van der Waals surface area contributed by atoms with Gasteiger partial charge in [0.15, 0.2) is 0 Å². The minimum absolute atomic E-state index is 0.735. The zero-order valence-corrected chi connectivity index (χ0v) is 13.2. The Morgan fingerprint density at radius 3 is 2.80 bits per heavy atom. The first-order valence-corrected chi connectivity index (χ1v) is 8.61. The summed E-state index contributed by atoms with van der Waals surface area (Å²) in [5, 5.41) is 4.95. The van der Waals surface area contributed by atoms with Crippen LogP contribution in [0.2, 0.25) is 0 Å². The van der Waals surface area contributed by atoms with E-state index in [1.807, 2.05) is 11.3 Å². The van der Waals surface area contributed by atoms with Crippen molar-refractivity contribution in [1.29, 1.82) is 0 Å². The predicted molar refractivity (Wildman–Crippen MR) is 82.0 cm³/mol. The van der Waals surface area contributed by atoms with E-state index in [4.69, 9.17) is 9.72 Å². The summed E-state index contributed by atoms with van der Waals surface area (Å²) in [5.41, 5.74) is 1.21. The fourth-order valence-corrected chi connectivity index (χ4v) is 4.10. The maximum Gasteiger partial charge on any atom is 0.107 e. The van der Waals surface area contributed by atoms with Gasteiger partial charge in [-0.3, -0.25) is 4.90 Å². The summed E-state index contributed by atoms with van der Waals surface area (Å²) in [4.78, 5) is 8.60. The summed E-state index contributed by atoms with van der Waals surface area (Å²) in [5.74, 6) is 0. The Hall–Kier alpha value is -0.490. The highest BCUT2D eigenvalue weighted by Crippen LogP contribution is 2.22. The highest BCUT2D eigenvalue weighted by Gasteiger charge is 2.17. The van der Waals surface area contributed by atoms with Crippen molar-refractivity contribution < 1.29 is 4.74 Å². The maximum atomic E-state index is 5.39. The largest absolute Gasteiger partial charge is 0.379 e. The fourth-order valence-electron chi connectivity index (χ4n) is 3.04. The van der Waals surface area contributed by atoms with E-state index < -0.39 is 0 Å². The molecule has 1 aliphatic carbocycles. The van der Waals surface area contributed by atoms with Crippen LogP contribution in [0.3, 0.4) is 0 Å². The van der Waals surface area contributed by atoms with Gasteiger partial charge in [0, 0.05) is 30.6 Å². The molecule has 20 heavy (non-hydrogen) atoms. The molecule has 0 atom stereocenters. The number of thiazole rings is 1. The van der Waals surface area contributed by atoms with E-state index in [1.165, 1.54) is 41.3 Å². The highest BCUT2D eigenvalue weighted by atomic mass is 32.1. The SMILES string of the molecule is Cc1nc(CN2CCOCC2)sc1CNC1CCCC1. The number of hydrogen-bond acceptors (Lipinski definition) is 5. The molecular formula is C15H25N3OS. The van der Waals surface area contributed by atoms with Crippen molar-refractivity contribution in [3.05, 3.63) is 15.6 Å². The molecular weight excluding hydrogens is 270 g/mol. The molecule has 2 fully saturated rings. The van der Waals surface area contributed by atoms with E-state index in [0.29, 0.717) is 0 Å². The summed E-state index contributed by atoms with van der Waals surface area (Å²) >= 11 is 1.88. The number of rotatable bonds is 5. The zero-order chi connectivity index (χ0) is 13.8. The van der Waals surface area contributed by atoms with Gasteiger partial charge in [-0.2, -0.15) is 0 Å². The Bertz CT molecular complexity index is 423. The second kappa shape index (κ2) is 6.98. The third-order valence-electron chi connectivity index (χ3n) is 4.31. The molecule has 112 valence electrons. The lowest BCUT2D eigenvalue weighted by atomic mass is 10.2. The van der Waals surface area contributed by atoms with E-state index in [2.05, 4.69) is 17.1 Å². The van der Waals surface area contributed by atoms with E-state index in [9.17, 15) is 0 Å². The Morgan fingerprint density at radius 1 is 1.30 bits per heavy atom. The average molecular weight is 295 g/mol. The van der Waals surface area contributed by atoms with Crippen LogP contribution in [-0.4, -0.2) is 42.2 Å². The minimum atomic E-state index is 0.735. The van der Waals surface area contributed by atoms with Crippen molar-refractivity contribution in [3.63, 3.8) is 0 Å². The average Bonchev–Trinajstić information content (AvgIpc) is 3.08. The van der Waals surface area contributed by atoms with E-state index in [0.717, 1.165) is 45.4 Å². The minimum Gasteiger partial charge on any atom is -0.379 e. The third kappa shape index (κ3) is 3.79. The smallest absolute Gasteiger partial charge is 0.107 e. The lowest BCUT2D eigenvalue weighted by Gasteiger charge is -2.25.